The van der Waals surface area contributed by atoms with E-state index in [9.17, 15) is 4.79 Å². The molecule has 0 spiro atoms. The molecular formula is C10H11NO2S2. The molecule has 1 amide bonds. The Bertz CT molecular complexity index is 430. The molecule has 0 saturated heterocycles. The first-order valence-corrected chi connectivity index (χ1v) is 5.07. The molecule has 0 bridgehead atoms. The van der Waals surface area contributed by atoms with Gasteiger partial charge < -0.3 is 4.74 Å². The van der Waals surface area contributed by atoms with E-state index in [1.807, 2.05) is 13.8 Å². The molecule has 0 atom stereocenters. The molecule has 0 aliphatic carbocycles. The number of hydrogen-bond donors (Lipinski definition) is 2. The van der Waals surface area contributed by atoms with Gasteiger partial charge in [-0.3, -0.25) is 0 Å². The summed E-state index contributed by atoms with van der Waals surface area (Å²) in [6.07, 6.45) is -0.749. The van der Waals surface area contributed by atoms with Crippen molar-refractivity contribution in [3.8, 4) is 5.75 Å². The summed E-state index contributed by atoms with van der Waals surface area (Å²) >= 11 is 8.51. The van der Waals surface area contributed by atoms with Gasteiger partial charge in [-0.15, -0.1) is 25.3 Å². The first-order chi connectivity index (χ1) is 6.97. The molecule has 0 aliphatic heterocycles. The lowest BCUT2D eigenvalue weighted by molar-refractivity contribution is 0.210. The molecule has 0 unspecified atom stereocenters. The molecule has 1 aromatic rings. The Hall–Kier alpha value is -0.940. The monoisotopic (exact) mass is 241 g/mol. The van der Waals surface area contributed by atoms with Crippen molar-refractivity contribution in [3.05, 3.63) is 17.2 Å². The predicted octanol–water partition coefficient (Wildman–Crippen LogP) is 3.08. The minimum Gasteiger partial charge on any atom is -0.407 e. The van der Waals surface area contributed by atoms with Crippen LogP contribution in [-0.2, 0) is 0 Å². The van der Waals surface area contributed by atoms with Crippen molar-refractivity contribution in [2.45, 2.75) is 23.6 Å². The van der Waals surface area contributed by atoms with E-state index >= 15 is 0 Å². The second-order valence-corrected chi connectivity index (χ2v) is 3.93. The van der Waals surface area contributed by atoms with E-state index < -0.39 is 6.09 Å². The first-order valence-electron chi connectivity index (χ1n) is 4.18. The van der Waals surface area contributed by atoms with Gasteiger partial charge in [0, 0.05) is 4.90 Å². The molecule has 0 saturated carbocycles. The lowest BCUT2D eigenvalue weighted by Crippen LogP contribution is -2.03. The van der Waals surface area contributed by atoms with Gasteiger partial charge in [-0.05, 0) is 37.8 Å². The fourth-order valence-electron chi connectivity index (χ4n) is 1.06. The molecule has 0 fully saturated rings. The summed E-state index contributed by atoms with van der Waals surface area (Å²) < 4.78 is 4.92. The summed E-state index contributed by atoms with van der Waals surface area (Å²) in [7, 11) is 0. The second-order valence-electron chi connectivity index (χ2n) is 3.04. The van der Waals surface area contributed by atoms with Crippen LogP contribution in [-0.4, -0.2) is 12.8 Å². The van der Waals surface area contributed by atoms with Crippen LogP contribution >= 0.6 is 25.3 Å². The molecule has 0 heterocycles. The van der Waals surface area contributed by atoms with E-state index in [4.69, 9.17) is 4.74 Å². The average molecular weight is 241 g/mol. The van der Waals surface area contributed by atoms with Gasteiger partial charge in [-0.2, -0.15) is 4.99 Å². The van der Waals surface area contributed by atoms with E-state index in [1.165, 1.54) is 0 Å². The summed E-state index contributed by atoms with van der Waals surface area (Å²) in [5, 5.41) is 0. The van der Waals surface area contributed by atoms with Crippen LogP contribution in [0, 0.1) is 13.8 Å². The van der Waals surface area contributed by atoms with Crippen LogP contribution in [0.2, 0.25) is 0 Å². The van der Waals surface area contributed by atoms with Crippen molar-refractivity contribution in [2.24, 2.45) is 4.99 Å². The molecule has 1 rings (SSSR count). The number of hydrogen-bond acceptors (Lipinski definition) is 4. The summed E-state index contributed by atoms with van der Waals surface area (Å²) in [6.45, 7) is 6.91. The summed E-state index contributed by atoms with van der Waals surface area (Å²) in [5.41, 5.74) is 1.99. The molecule has 1 aromatic carbocycles. The van der Waals surface area contributed by atoms with E-state index in [2.05, 4.69) is 37.0 Å². The van der Waals surface area contributed by atoms with Crippen molar-refractivity contribution in [1.29, 1.82) is 0 Å². The molecule has 0 N–H and O–H groups in total. The van der Waals surface area contributed by atoms with Crippen LogP contribution in [0.5, 0.6) is 5.75 Å². The largest absolute Gasteiger partial charge is 0.438 e. The highest BCUT2D eigenvalue weighted by molar-refractivity contribution is 7.83. The Balaban J connectivity index is 3.20. The highest BCUT2D eigenvalue weighted by Crippen LogP contribution is 2.34. The number of amides is 1. The Morgan fingerprint density at radius 1 is 1.40 bits per heavy atom. The van der Waals surface area contributed by atoms with Gasteiger partial charge in [0.15, 0.2) is 0 Å². The van der Waals surface area contributed by atoms with E-state index in [0.29, 0.717) is 15.5 Å². The van der Waals surface area contributed by atoms with Gasteiger partial charge in [0.1, 0.15) is 5.75 Å². The summed E-state index contributed by atoms with van der Waals surface area (Å²) in [5.74, 6) is 0.351. The van der Waals surface area contributed by atoms with Crippen molar-refractivity contribution >= 4 is 38.1 Å². The molecule has 80 valence electrons. The third-order valence-corrected chi connectivity index (χ3v) is 3.26. The quantitative estimate of drug-likeness (QED) is 0.586. The molecule has 0 radical (unpaired) electrons. The number of aryl methyl sites for hydroxylation is 1. The minimum absolute atomic E-state index is 0.351. The zero-order chi connectivity index (χ0) is 11.6. The zero-order valence-corrected chi connectivity index (χ0v) is 10.2. The molecule has 0 aromatic heterocycles. The minimum atomic E-state index is -0.749. The number of thiol groups is 2. The van der Waals surface area contributed by atoms with Crippen LogP contribution in [0.3, 0.4) is 0 Å². The maximum Gasteiger partial charge on any atom is 0.438 e. The number of carbonyl (C=O) groups excluding carboxylic acids is 1. The summed E-state index contributed by atoms with van der Waals surface area (Å²) in [4.78, 5) is 15.3. The van der Waals surface area contributed by atoms with Gasteiger partial charge in [0.25, 0.3) is 0 Å². The third-order valence-electron chi connectivity index (χ3n) is 2.08. The fourth-order valence-corrected chi connectivity index (χ4v) is 1.62. The van der Waals surface area contributed by atoms with Crippen LogP contribution in [0.25, 0.3) is 0 Å². The number of rotatable bonds is 1. The molecular weight excluding hydrogens is 230 g/mol. The standard InChI is InChI=1S/C10H11NO2S2/c1-5-4-7(13-10(12)11-3)9(15)8(14)6(5)2/h4,14-15H,3H2,1-2H3. The molecule has 15 heavy (non-hydrogen) atoms. The number of aliphatic imine (C=N–C) groups is 1. The van der Waals surface area contributed by atoms with Crippen LogP contribution in [0.15, 0.2) is 20.8 Å². The lowest BCUT2D eigenvalue weighted by atomic mass is 10.1. The fraction of sp³-hybridized carbons (Fsp3) is 0.200. The predicted molar refractivity (Wildman–Crippen MR) is 66.0 cm³/mol. The highest BCUT2D eigenvalue weighted by Gasteiger charge is 2.12. The van der Waals surface area contributed by atoms with Gasteiger partial charge in [0.05, 0.1) is 4.90 Å². The van der Waals surface area contributed by atoms with Crippen molar-refractivity contribution < 1.29 is 9.53 Å². The van der Waals surface area contributed by atoms with Crippen molar-refractivity contribution in [3.63, 3.8) is 0 Å². The third kappa shape index (κ3) is 2.54. The second kappa shape index (κ2) is 4.72. The van der Waals surface area contributed by atoms with Crippen LogP contribution < -0.4 is 4.74 Å². The maximum atomic E-state index is 10.9. The van der Waals surface area contributed by atoms with Crippen molar-refractivity contribution in [2.75, 3.05) is 0 Å². The van der Waals surface area contributed by atoms with Gasteiger partial charge in [-0.25, -0.2) is 4.79 Å². The Morgan fingerprint density at radius 3 is 2.53 bits per heavy atom. The molecule has 0 aliphatic rings. The first kappa shape index (κ1) is 12.1. The topological polar surface area (TPSA) is 38.7 Å². The van der Waals surface area contributed by atoms with Crippen molar-refractivity contribution in [1.82, 2.24) is 0 Å². The van der Waals surface area contributed by atoms with E-state index in [0.717, 1.165) is 11.1 Å². The van der Waals surface area contributed by atoms with E-state index in [1.54, 1.807) is 6.07 Å². The smallest absolute Gasteiger partial charge is 0.407 e. The molecule has 3 nitrogen and oxygen atoms in total. The van der Waals surface area contributed by atoms with E-state index in [-0.39, 0.29) is 0 Å². The van der Waals surface area contributed by atoms with Gasteiger partial charge in [-0.1, -0.05) is 0 Å². The Labute approximate surface area is 99.4 Å². The zero-order valence-electron chi connectivity index (χ0n) is 8.44. The SMILES string of the molecule is C=NC(=O)Oc1cc(C)c(C)c(S)c1S. The number of carbonyl (C=O) groups is 1. The normalized spacial score (nSPS) is 9.87. The number of benzene rings is 1. The molecule has 5 heteroatoms. The highest BCUT2D eigenvalue weighted by atomic mass is 32.1. The Morgan fingerprint density at radius 2 is 2.00 bits per heavy atom. The average Bonchev–Trinajstić information content (AvgIpc) is 2.22. The van der Waals surface area contributed by atoms with Gasteiger partial charge >= 0.3 is 6.09 Å². The maximum absolute atomic E-state index is 10.9. The lowest BCUT2D eigenvalue weighted by Gasteiger charge is -2.11. The van der Waals surface area contributed by atoms with Gasteiger partial charge in [0.2, 0.25) is 0 Å². The summed E-state index contributed by atoms with van der Waals surface area (Å²) in [6, 6.07) is 1.72. The Kier molecular flexibility index (Phi) is 3.82. The number of ether oxygens (including phenoxy) is 1. The number of nitrogens with zero attached hydrogens (tertiary/aromatic N) is 1. The van der Waals surface area contributed by atoms with Crippen LogP contribution in [0.1, 0.15) is 11.1 Å². The van der Waals surface area contributed by atoms with Crippen LogP contribution in [0.4, 0.5) is 4.79 Å².